The van der Waals surface area contributed by atoms with Crippen LogP contribution in [-0.2, 0) is 12.4 Å². The van der Waals surface area contributed by atoms with E-state index < -0.39 is 116 Å². The summed E-state index contributed by atoms with van der Waals surface area (Å²) in [5.74, 6) is -34.1. The van der Waals surface area contributed by atoms with Gasteiger partial charge in [-0.2, -0.15) is 26.3 Å². The topological polar surface area (TPSA) is 0 Å². The molecule has 3 rings (SSSR count). The minimum absolute atomic E-state index is 1.11. The van der Waals surface area contributed by atoms with E-state index in [0.29, 0.717) is 0 Å². The van der Waals surface area contributed by atoms with Gasteiger partial charge in [-0.1, -0.05) is 0 Å². The highest BCUT2D eigenvalue weighted by molar-refractivity contribution is 5.86. The Bertz CT molecular complexity index is 1420. The van der Waals surface area contributed by atoms with Crippen LogP contribution in [0.5, 0.6) is 0 Å². The van der Waals surface area contributed by atoms with Crippen LogP contribution in [-0.4, -0.2) is 0 Å². The first-order chi connectivity index (χ1) is 16.7. The second-order valence-electron chi connectivity index (χ2n) is 6.92. The molecular weight excluding hydrogens is 563 g/mol. The van der Waals surface area contributed by atoms with E-state index in [9.17, 15) is 74.6 Å². The first-order valence-electron chi connectivity index (χ1n) is 8.79. The number of halogens is 17. The second kappa shape index (κ2) is 8.79. The van der Waals surface area contributed by atoms with Crippen molar-refractivity contribution in [2.24, 2.45) is 0 Å². The highest BCUT2D eigenvalue weighted by Crippen LogP contribution is 2.48. The summed E-state index contributed by atoms with van der Waals surface area (Å²) in [6, 6.07) is -1.11. The minimum Gasteiger partial charge on any atom is -0.203 e. The van der Waals surface area contributed by atoms with Crippen LogP contribution in [0.4, 0.5) is 74.6 Å². The third kappa shape index (κ3) is 4.22. The predicted molar refractivity (Wildman–Crippen MR) is 86.9 cm³/mol. The summed E-state index contributed by atoms with van der Waals surface area (Å²) in [4.78, 5) is 0. The van der Waals surface area contributed by atoms with E-state index in [4.69, 9.17) is 0 Å². The molecule has 3 aromatic rings. The Kier molecular flexibility index (Phi) is 6.67. The summed E-state index contributed by atoms with van der Waals surface area (Å²) in [6.07, 6.45) is -12.6. The van der Waals surface area contributed by atoms with Gasteiger partial charge in [0.2, 0.25) is 5.82 Å². The summed E-state index contributed by atoms with van der Waals surface area (Å²) in [6.45, 7) is 0. The average Bonchev–Trinajstić information content (AvgIpc) is 2.78. The van der Waals surface area contributed by atoms with Crippen molar-refractivity contribution in [3.8, 4) is 22.3 Å². The van der Waals surface area contributed by atoms with Gasteiger partial charge in [0, 0.05) is 16.7 Å². The van der Waals surface area contributed by atoms with Crippen molar-refractivity contribution in [1.29, 1.82) is 0 Å². The Balaban J connectivity index is 2.68. The Morgan fingerprint density at radius 3 is 1.08 bits per heavy atom. The van der Waals surface area contributed by atoms with Crippen molar-refractivity contribution in [2.45, 2.75) is 12.4 Å². The van der Waals surface area contributed by atoms with E-state index in [2.05, 4.69) is 0 Å². The van der Waals surface area contributed by atoms with Gasteiger partial charge in [0.05, 0.1) is 11.1 Å². The zero-order chi connectivity index (χ0) is 28.5. The summed E-state index contributed by atoms with van der Waals surface area (Å²) < 4.78 is 234. The van der Waals surface area contributed by atoms with E-state index in [1.807, 2.05) is 0 Å². The average molecular weight is 564 g/mol. The molecule has 0 nitrogen and oxygen atoms in total. The maximum atomic E-state index is 14.6. The Hall–Kier alpha value is -3.53. The van der Waals surface area contributed by atoms with Crippen LogP contribution in [0.3, 0.4) is 0 Å². The van der Waals surface area contributed by atoms with E-state index in [1.165, 1.54) is 0 Å². The molecule has 0 bridgehead atoms. The lowest BCUT2D eigenvalue weighted by molar-refractivity contribution is -0.164. The summed E-state index contributed by atoms with van der Waals surface area (Å²) in [5.41, 5.74) is -17.1. The smallest absolute Gasteiger partial charge is 0.203 e. The monoisotopic (exact) mass is 564 g/mol. The van der Waals surface area contributed by atoms with Crippen molar-refractivity contribution in [3.05, 3.63) is 81.2 Å². The van der Waals surface area contributed by atoms with Gasteiger partial charge >= 0.3 is 12.4 Å². The van der Waals surface area contributed by atoms with Gasteiger partial charge in [0.15, 0.2) is 58.2 Å². The molecule has 0 radical (unpaired) electrons. The highest BCUT2D eigenvalue weighted by atomic mass is 19.4. The molecule has 0 aliphatic rings. The first kappa shape index (κ1) is 28.0. The molecule has 0 heterocycles. The highest BCUT2D eigenvalue weighted by Gasteiger charge is 2.48. The summed E-state index contributed by atoms with van der Waals surface area (Å²) in [7, 11) is 0. The number of alkyl halides is 6. The lowest BCUT2D eigenvalue weighted by atomic mass is 9.89. The van der Waals surface area contributed by atoms with E-state index in [-0.39, 0.29) is 0 Å². The lowest BCUT2D eigenvalue weighted by Gasteiger charge is -2.21. The molecular formula is C20HF17. The molecule has 0 saturated heterocycles. The van der Waals surface area contributed by atoms with Crippen LogP contribution >= 0.6 is 0 Å². The molecule has 0 fully saturated rings. The van der Waals surface area contributed by atoms with Crippen molar-refractivity contribution in [3.63, 3.8) is 0 Å². The molecule has 0 spiro atoms. The molecule has 17 heteroatoms. The Labute approximate surface area is 191 Å². The van der Waals surface area contributed by atoms with Crippen LogP contribution < -0.4 is 0 Å². The van der Waals surface area contributed by atoms with Crippen LogP contribution in [0.15, 0.2) is 6.07 Å². The second-order valence-corrected chi connectivity index (χ2v) is 6.92. The van der Waals surface area contributed by atoms with Crippen molar-refractivity contribution in [2.75, 3.05) is 0 Å². The van der Waals surface area contributed by atoms with Crippen molar-refractivity contribution < 1.29 is 74.6 Å². The van der Waals surface area contributed by atoms with Crippen molar-refractivity contribution >= 4 is 0 Å². The third-order valence-corrected chi connectivity index (χ3v) is 4.79. The molecule has 0 aromatic heterocycles. The van der Waals surface area contributed by atoms with E-state index in [0.717, 1.165) is 0 Å². The molecule has 0 saturated carbocycles. The lowest BCUT2D eigenvalue weighted by Crippen LogP contribution is -2.20. The maximum absolute atomic E-state index is 14.6. The molecule has 0 N–H and O–H groups in total. The Morgan fingerprint density at radius 1 is 0.351 bits per heavy atom. The fraction of sp³-hybridized carbons (Fsp3) is 0.100. The summed E-state index contributed by atoms with van der Waals surface area (Å²) >= 11 is 0. The predicted octanol–water partition coefficient (Wildman–Crippen LogP) is 8.59. The number of rotatable bonds is 2. The normalized spacial score (nSPS) is 12.5. The van der Waals surface area contributed by atoms with Crippen molar-refractivity contribution in [1.82, 2.24) is 0 Å². The van der Waals surface area contributed by atoms with Gasteiger partial charge in [-0.3, -0.25) is 0 Å². The first-order valence-corrected chi connectivity index (χ1v) is 8.79. The van der Waals surface area contributed by atoms with Crippen LogP contribution in [0, 0.1) is 64.0 Å². The fourth-order valence-corrected chi connectivity index (χ4v) is 3.25. The number of hydrogen-bond acceptors (Lipinski definition) is 0. The van der Waals surface area contributed by atoms with Crippen LogP contribution in [0.25, 0.3) is 22.3 Å². The molecule has 200 valence electrons. The van der Waals surface area contributed by atoms with E-state index >= 15 is 0 Å². The van der Waals surface area contributed by atoms with Gasteiger partial charge in [-0.05, 0) is 6.07 Å². The Morgan fingerprint density at radius 2 is 0.703 bits per heavy atom. The van der Waals surface area contributed by atoms with Gasteiger partial charge in [-0.15, -0.1) is 0 Å². The maximum Gasteiger partial charge on any atom is 0.419 e. The molecule has 0 unspecified atom stereocenters. The standard InChI is InChI=1S/C20HF17/c21-8-2(1-3(19(32,33)34)7(13(8)26)20(35,36)37)4-5(10(23)15(28)14(27)9(4)22)6-11(24)16(29)18(31)17(30)12(6)25/h1H. The quantitative estimate of drug-likeness (QED) is 0.166. The molecule has 0 amide bonds. The fourth-order valence-electron chi connectivity index (χ4n) is 3.25. The number of benzene rings is 3. The molecule has 3 aromatic carbocycles. The van der Waals surface area contributed by atoms with Crippen LogP contribution in [0.2, 0.25) is 0 Å². The van der Waals surface area contributed by atoms with Gasteiger partial charge in [0.25, 0.3) is 0 Å². The SMILES string of the molecule is Fc1c(-c2c(F)c(F)c(F)c(F)c2-c2c(F)c(F)c(F)c(F)c2F)cc(C(F)(F)F)c(C(F)(F)F)c1F. The van der Waals surface area contributed by atoms with Crippen LogP contribution in [0.1, 0.15) is 11.1 Å². The third-order valence-electron chi connectivity index (χ3n) is 4.79. The van der Waals surface area contributed by atoms with Gasteiger partial charge in [0.1, 0.15) is 5.56 Å². The zero-order valence-electron chi connectivity index (χ0n) is 16.5. The minimum atomic E-state index is -6.31. The van der Waals surface area contributed by atoms with E-state index in [1.54, 1.807) is 0 Å². The summed E-state index contributed by atoms with van der Waals surface area (Å²) in [5, 5.41) is 0. The largest absolute Gasteiger partial charge is 0.419 e. The molecule has 0 atom stereocenters. The van der Waals surface area contributed by atoms with Gasteiger partial charge in [-0.25, -0.2) is 48.3 Å². The molecule has 0 aliphatic carbocycles. The van der Waals surface area contributed by atoms with Gasteiger partial charge < -0.3 is 0 Å². The zero-order valence-corrected chi connectivity index (χ0v) is 16.5. The molecule has 0 aliphatic heterocycles. The molecule has 37 heavy (non-hydrogen) atoms. The number of hydrogen-bond donors (Lipinski definition) is 0.